The summed E-state index contributed by atoms with van der Waals surface area (Å²) in [7, 11) is 0. The van der Waals surface area contributed by atoms with Gasteiger partial charge in [-0.2, -0.15) is 11.8 Å². The Morgan fingerprint density at radius 1 is 1.33 bits per heavy atom. The number of phenolic OH excluding ortho intramolecular Hbond substituents is 1. The van der Waals surface area contributed by atoms with Crippen molar-refractivity contribution in [2.45, 2.75) is 4.90 Å². The highest BCUT2D eigenvalue weighted by molar-refractivity contribution is 8.02. The normalized spacial score (nSPS) is 10.1. The lowest BCUT2D eigenvalue weighted by Gasteiger charge is -1.99. The monoisotopic (exact) mass is 200 g/mol. The molecule has 0 aromatic heterocycles. The van der Waals surface area contributed by atoms with Crippen LogP contribution in [-0.4, -0.2) is 22.9 Å². The fourth-order valence-electron chi connectivity index (χ4n) is 0.816. The minimum Gasteiger partial charge on any atom is -0.508 e. The molecule has 1 rings (SSSR count). The van der Waals surface area contributed by atoms with Crippen molar-refractivity contribution in [2.75, 3.05) is 17.8 Å². The van der Waals surface area contributed by atoms with Crippen molar-refractivity contribution in [3.8, 4) is 5.75 Å². The molecule has 0 fully saturated rings. The van der Waals surface area contributed by atoms with Crippen LogP contribution in [0.4, 0.5) is 0 Å². The van der Waals surface area contributed by atoms with E-state index in [1.165, 1.54) is 0 Å². The van der Waals surface area contributed by atoms with Gasteiger partial charge >= 0.3 is 0 Å². The van der Waals surface area contributed by atoms with Crippen LogP contribution in [0, 0.1) is 0 Å². The van der Waals surface area contributed by atoms with Gasteiger partial charge in [-0.3, -0.25) is 0 Å². The fourth-order valence-corrected chi connectivity index (χ4v) is 2.43. The molecule has 12 heavy (non-hydrogen) atoms. The number of hydrogen-bond donors (Lipinski definition) is 1. The molecule has 0 amide bonds. The molecule has 0 bridgehead atoms. The summed E-state index contributed by atoms with van der Waals surface area (Å²) in [4.78, 5) is 1.14. The number of benzene rings is 1. The number of rotatable bonds is 4. The second kappa shape index (κ2) is 5.38. The molecular formula is C9H12OS2. The molecule has 0 aliphatic carbocycles. The number of phenols is 1. The van der Waals surface area contributed by atoms with E-state index in [0.717, 1.165) is 16.4 Å². The molecule has 0 aliphatic heterocycles. The largest absolute Gasteiger partial charge is 0.508 e. The van der Waals surface area contributed by atoms with Crippen molar-refractivity contribution < 1.29 is 5.11 Å². The van der Waals surface area contributed by atoms with E-state index in [1.807, 2.05) is 23.9 Å². The standard InChI is InChI=1S/C9H12OS2/c1-11-5-6-12-9-4-2-3-8(10)7-9/h2-4,7,10H,5-6H2,1H3. The second-order valence-electron chi connectivity index (χ2n) is 2.34. The summed E-state index contributed by atoms with van der Waals surface area (Å²) in [5.41, 5.74) is 0. The van der Waals surface area contributed by atoms with Gasteiger partial charge in [-0.05, 0) is 24.5 Å². The van der Waals surface area contributed by atoms with Gasteiger partial charge in [0.25, 0.3) is 0 Å². The molecule has 1 N–H and O–H groups in total. The first-order valence-electron chi connectivity index (χ1n) is 3.73. The van der Waals surface area contributed by atoms with E-state index in [2.05, 4.69) is 6.26 Å². The molecule has 0 spiro atoms. The predicted molar refractivity (Wildman–Crippen MR) is 57.2 cm³/mol. The highest BCUT2D eigenvalue weighted by Crippen LogP contribution is 2.22. The Kier molecular flexibility index (Phi) is 4.40. The smallest absolute Gasteiger partial charge is 0.116 e. The Morgan fingerprint density at radius 3 is 2.83 bits per heavy atom. The predicted octanol–water partition coefficient (Wildman–Crippen LogP) is 2.85. The average molecular weight is 200 g/mol. The maximum absolute atomic E-state index is 9.15. The van der Waals surface area contributed by atoms with Crippen LogP contribution in [0.2, 0.25) is 0 Å². The van der Waals surface area contributed by atoms with Gasteiger partial charge in [0.15, 0.2) is 0 Å². The summed E-state index contributed by atoms with van der Waals surface area (Å²) in [6.45, 7) is 0. The van der Waals surface area contributed by atoms with Crippen LogP contribution in [0.5, 0.6) is 5.75 Å². The van der Waals surface area contributed by atoms with Crippen LogP contribution < -0.4 is 0 Å². The lowest BCUT2D eigenvalue weighted by molar-refractivity contribution is 0.474. The van der Waals surface area contributed by atoms with Crippen LogP contribution >= 0.6 is 23.5 Å². The van der Waals surface area contributed by atoms with Crippen molar-refractivity contribution in [2.24, 2.45) is 0 Å². The van der Waals surface area contributed by atoms with Gasteiger partial charge in [0.05, 0.1) is 0 Å². The zero-order chi connectivity index (χ0) is 8.81. The average Bonchev–Trinajstić information content (AvgIpc) is 2.05. The third-order valence-electron chi connectivity index (χ3n) is 1.37. The van der Waals surface area contributed by atoms with Crippen LogP contribution in [0.1, 0.15) is 0 Å². The molecule has 0 aliphatic rings. The third kappa shape index (κ3) is 3.41. The number of hydrogen-bond acceptors (Lipinski definition) is 3. The van der Waals surface area contributed by atoms with E-state index in [9.17, 15) is 0 Å². The minimum atomic E-state index is 0.351. The van der Waals surface area contributed by atoms with E-state index in [1.54, 1.807) is 23.9 Å². The zero-order valence-corrected chi connectivity index (χ0v) is 8.62. The molecule has 0 unspecified atom stereocenters. The maximum atomic E-state index is 9.15. The first-order chi connectivity index (χ1) is 5.83. The fraction of sp³-hybridized carbons (Fsp3) is 0.333. The minimum absolute atomic E-state index is 0.351. The Morgan fingerprint density at radius 2 is 2.17 bits per heavy atom. The maximum Gasteiger partial charge on any atom is 0.116 e. The van der Waals surface area contributed by atoms with Crippen molar-refractivity contribution in [1.82, 2.24) is 0 Å². The van der Waals surface area contributed by atoms with E-state index >= 15 is 0 Å². The molecule has 0 saturated carbocycles. The zero-order valence-electron chi connectivity index (χ0n) is 6.99. The van der Waals surface area contributed by atoms with E-state index < -0.39 is 0 Å². The SMILES string of the molecule is CSCCSc1cccc(O)c1. The summed E-state index contributed by atoms with van der Waals surface area (Å²) in [6.07, 6.45) is 2.10. The van der Waals surface area contributed by atoms with Gasteiger partial charge < -0.3 is 5.11 Å². The molecular weight excluding hydrogens is 188 g/mol. The molecule has 66 valence electrons. The molecule has 0 saturated heterocycles. The summed E-state index contributed by atoms with van der Waals surface area (Å²) >= 11 is 3.62. The van der Waals surface area contributed by atoms with Gasteiger partial charge in [-0.25, -0.2) is 0 Å². The lowest BCUT2D eigenvalue weighted by atomic mass is 10.3. The van der Waals surface area contributed by atoms with Gasteiger partial charge in [0.2, 0.25) is 0 Å². The van der Waals surface area contributed by atoms with E-state index in [0.29, 0.717) is 5.75 Å². The molecule has 1 aromatic carbocycles. The van der Waals surface area contributed by atoms with Gasteiger partial charge in [0, 0.05) is 16.4 Å². The Bertz CT molecular complexity index is 238. The third-order valence-corrected chi connectivity index (χ3v) is 3.24. The Balaban J connectivity index is 2.41. The van der Waals surface area contributed by atoms with Crippen molar-refractivity contribution in [1.29, 1.82) is 0 Å². The molecule has 0 radical (unpaired) electrons. The molecule has 1 aromatic rings. The van der Waals surface area contributed by atoms with Crippen molar-refractivity contribution in [3.63, 3.8) is 0 Å². The van der Waals surface area contributed by atoms with Crippen molar-refractivity contribution in [3.05, 3.63) is 24.3 Å². The van der Waals surface area contributed by atoms with Gasteiger partial charge in [0.1, 0.15) is 5.75 Å². The Hall–Kier alpha value is -0.280. The van der Waals surface area contributed by atoms with Gasteiger partial charge in [-0.15, -0.1) is 11.8 Å². The summed E-state index contributed by atoms with van der Waals surface area (Å²) in [5, 5.41) is 9.15. The summed E-state index contributed by atoms with van der Waals surface area (Å²) in [6, 6.07) is 7.38. The highest BCUT2D eigenvalue weighted by Gasteiger charge is 1.93. The van der Waals surface area contributed by atoms with Crippen LogP contribution in [0.25, 0.3) is 0 Å². The number of aromatic hydroxyl groups is 1. The Labute approximate surface area is 81.6 Å². The van der Waals surface area contributed by atoms with Crippen LogP contribution in [-0.2, 0) is 0 Å². The van der Waals surface area contributed by atoms with Gasteiger partial charge in [-0.1, -0.05) is 6.07 Å². The molecule has 0 heterocycles. The molecule has 3 heteroatoms. The molecule has 0 atom stereocenters. The quantitative estimate of drug-likeness (QED) is 0.596. The summed E-state index contributed by atoms with van der Waals surface area (Å²) < 4.78 is 0. The topological polar surface area (TPSA) is 20.2 Å². The van der Waals surface area contributed by atoms with E-state index in [-0.39, 0.29) is 0 Å². The van der Waals surface area contributed by atoms with Crippen LogP contribution in [0.3, 0.4) is 0 Å². The number of thioether (sulfide) groups is 2. The summed E-state index contributed by atoms with van der Waals surface area (Å²) in [5.74, 6) is 2.61. The van der Waals surface area contributed by atoms with Crippen molar-refractivity contribution >= 4 is 23.5 Å². The first-order valence-corrected chi connectivity index (χ1v) is 6.11. The highest BCUT2D eigenvalue weighted by atomic mass is 32.2. The second-order valence-corrected chi connectivity index (χ2v) is 4.49. The first kappa shape index (κ1) is 9.81. The lowest BCUT2D eigenvalue weighted by Crippen LogP contribution is -1.81. The van der Waals surface area contributed by atoms with Crippen LogP contribution in [0.15, 0.2) is 29.2 Å². The molecule has 1 nitrogen and oxygen atoms in total. The van der Waals surface area contributed by atoms with E-state index in [4.69, 9.17) is 5.11 Å².